The highest BCUT2D eigenvalue weighted by Crippen LogP contribution is 2.30. The summed E-state index contributed by atoms with van der Waals surface area (Å²) in [6.07, 6.45) is -0.206. The Bertz CT molecular complexity index is 850. The standard InChI is InChI=1S/C19H16N2O4/c22-17-16-10-13(25-19(24)12-6-2-1-3-7-12)11-21(16)18(23)14-8-4-5-9-15(14)20-17/h1-9,13,16H,10-11H2,(H,20,22). The van der Waals surface area contributed by atoms with Crippen LogP contribution in [0.15, 0.2) is 54.6 Å². The van der Waals surface area contributed by atoms with E-state index in [1.54, 1.807) is 48.5 Å². The zero-order valence-electron chi connectivity index (χ0n) is 13.3. The largest absolute Gasteiger partial charge is 0.457 e. The number of nitrogens with one attached hydrogen (secondary N) is 1. The highest BCUT2D eigenvalue weighted by Gasteiger charge is 2.44. The molecule has 2 amide bonds. The van der Waals surface area contributed by atoms with Gasteiger partial charge in [-0.1, -0.05) is 30.3 Å². The molecule has 0 aliphatic carbocycles. The van der Waals surface area contributed by atoms with Crippen LogP contribution >= 0.6 is 0 Å². The predicted octanol–water partition coefficient (Wildman–Crippen LogP) is 2.08. The van der Waals surface area contributed by atoms with Crippen LogP contribution in [-0.4, -0.2) is 41.4 Å². The molecule has 2 aliphatic heterocycles. The molecule has 2 atom stereocenters. The number of carbonyl (C=O) groups excluding carboxylic acids is 3. The highest BCUT2D eigenvalue weighted by molar-refractivity contribution is 6.10. The molecule has 2 aliphatic rings. The topological polar surface area (TPSA) is 75.7 Å². The maximum atomic E-state index is 12.8. The fourth-order valence-corrected chi connectivity index (χ4v) is 3.30. The average molecular weight is 336 g/mol. The van der Waals surface area contributed by atoms with Crippen molar-refractivity contribution < 1.29 is 19.1 Å². The van der Waals surface area contributed by atoms with Gasteiger partial charge in [0.15, 0.2) is 0 Å². The van der Waals surface area contributed by atoms with Crippen molar-refractivity contribution >= 4 is 23.5 Å². The van der Waals surface area contributed by atoms with Crippen LogP contribution in [0.4, 0.5) is 5.69 Å². The van der Waals surface area contributed by atoms with Gasteiger partial charge in [-0.25, -0.2) is 4.79 Å². The van der Waals surface area contributed by atoms with Gasteiger partial charge >= 0.3 is 5.97 Å². The molecule has 0 aromatic heterocycles. The van der Waals surface area contributed by atoms with Crippen molar-refractivity contribution in [3.63, 3.8) is 0 Å². The zero-order chi connectivity index (χ0) is 17.4. The van der Waals surface area contributed by atoms with Crippen LogP contribution in [0.3, 0.4) is 0 Å². The molecular formula is C19H16N2O4. The molecule has 0 spiro atoms. The lowest BCUT2D eigenvalue weighted by molar-refractivity contribution is -0.119. The van der Waals surface area contributed by atoms with E-state index in [1.165, 1.54) is 4.90 Å². The number of carbonyl (C=O) groups is 3. The van der Waals surface area contributed by atoms with Gasteiger partial charge in [0.1, 0.15) is 12.1 Å². The molecule has 1 N–H and O–H groups in total. The Hall–Kier alpha value is -3.15. The van der Waals surface area contributed by atoms with E-state index in [-0.39, 0.29) is 18.4 Å². The van der Waals surface area contributed by atoms with E-state index in [0.717, 1.165) is 0 Å². The second kappa shape index (κ2) is 6.05. The number of fused-ring (bicyclic) bond motifs is 2. The van der Waals surface area contributed by atoms with E-state index < -0.39 is 18.1 Å². The van der Waals surface area contributed by atoms with Gasteiger partial charge in [-0.3, -0.25) is 9.59 Å². The normalized spacial score (nSPS) is 21.8. The van der Waals surface area contributed by atoms with Gasteiger partial charge in [-0.2, -0.15) is 0 Å². The van der Waals surface area contributed by atoms with Crippen molar-refractivity contribution in [2.45, 2.75) is 18.6 Å². The van der Waals surface area contributed by atoms with Crippen LogP contribution in [0.2, 0.25) is 0 Å². The van der Waals surface area contributed by atoms with Gasteiger partial charge in [-0.15, -0.1) is 0 Å². The molecule has 0 radical (unpaired) electrons. The summed E-state index contributed by atoms with van der Waals surface area (Å²) >= 11 is 0. The Balaban J connectivity index is 1.54. The highest BCUT2D eigenvalue weighted by atomic mass is 16.5. The quantitative estimate of drug-likeness (QED) is 0.852. The lowest BCUT2D eigenvalue weighted by atomic mass is 10.1. The summed E-state index contributed by atoms with van der Waals surface area (Å²) in [5.41, 5.74) is 1.42. The first-order valence-electron chi connectivity index (χ1n) is 8.10. The number of nitrogens with zero attached hydrogens (tertiary/aromatic N) is 1. The predicted molar refractivity (Wildman–Crippen MR) is 90.2 cm³/mol. The first-order chi connectivity index (χ1) is 12.1. The number of amides is 2. The van der Waals surface area contributed by atoms with Gasteiger partial charge in [0.05, 0.1) is 23.4 Å². The number of hydrogen-bond donors (Lipinski definition) is 1. The molecule has 126 valence electrons. The molecule has 0 saturated carbocycles. The van der Waals surface area contributed by atoms with Gasteiger partial charge in [0.25, 0.3) is 5.91 Å². The fourth-order valence-electron chi connectivity index (χ4n) is 3.30. The minimum Gasteiger partial charge on any atom is -0.457 e. The van der Waals surface area contributed by atoms with E-state index in [4.69, 9.17) is 4.74 Å². The Kier molecular flexibility index (Phi) is 3.72. The molecule has 1 fully saturated rings. The van der Waals surface area contributed by atoms with Gasteiger partial charge in [-0.05, 0) is 24.3 Å². The van der Waals surface area contributed by atoms with Crippen LogP contribution in [-0.2, 0) is 9.53 Å². The van der Waals surface area contributed by atoms with Crippen molar-refractivity contribution in [3.05, 3.63) is 65.7 Å². The lowest BCUT2D eigenvalue weighted by Crippen LogP contribution is -2.40. The number of hydrogen-bond acceptors (Lipinski definition) is 4. The summed E-state index contributed by atoms with van der Waals surface area (Å²) in [4.78, 5) is 38.9. The molecular weight excluding hydrogens is 320 g/mol. The Morgan fingerprint density at radius 3 is 2.56 bits per heavy atom. The van der Waals surface area contributed by atoms with Gasteiger partial charge < -0.3 is 15.0 Å². The summed E-state index contributed by atoms with van der Waals surface area (Å²) in [6.45, 7) is 0.212. The minimum absolute atomic E-state index is 0.212. The van der Waals surface area contributed by atoms with Crippen LogP contribution in [0.25, 0.3) is 0 Å². The third-order valence-electron chi connectivity index (χ3n) is 4.52. The molecule has 1 saturated heterocycles. The maximum absolute atomic E-state index is 12.8. The number of ether oxygens (including phenoxy) is 1. The molecule has 2 unspecified atom stereocenters. The SMILES string of the molecule is O=C(OC1CC2C(=O)Nc3ccccc3C(=O)N2C1)c1ccccc1. The second-order valence-electron chi connectivity index (χ2n) is 6.14. The summed E-state index contributed by atoms with van der Waals surface area (Å²) in [7, 11) is 0. The Morgan fingerprint density at radius 1 is 1.04 bits per heavy atom. The van der Waals surface area contributed by atoms with E-state index in [2.05, 4.69) is 5.32 Å². The summed E-state index contributed by atoms with van der Waals surface area (Å²) in [5, 5.41) is 2.79. The second-order valence-corrected chi connectivity index (χ2v) is 6.14. The fraction of sp³-hybridized carbons (Fsp3) is 0.211. The number of benzene rings is 2. The number of rotatable bonds is 2. The van der Waals surface area contributed by atoms with E-state index in [9.17, 15) is 14.4 Å². The summed E-state index contributed by atoms with van der Waals surface area (Å²) in [6, 6.07) is 15.0. The zero-order valence-corrected chi connectivity index (χ0v) is 13.3. The third kappa shape index (κ3) is 2.76. The summed E-state index contributed by atoms with van der Waals surface area (Å²) < 4.78 is 5.50. The first-order valence-corrected chi connectivity index (χ1v) is 8.10. The maximum Gasteiger partial charge on any atom is 0.338 e. The van der Waals surface area contributed by atoms with E-state index in [1.807, 2.05) is 6.07 Å². The third-order valence-corrected chi connectivity index (χ3v) is 4.52. The van der Waals surface area contributed by atoms with Crippen LogP contribution in [0, 0.1) is 0 Å². The Morgan fingerprint density at radius 2 is 1.76 bits per heavy atom. The van der Waals surface area contributed by atoms with Crippen molar-refractivity contribution in [2.24, 2.45) is 0 Å². The first kappa shape index (κ1) is 15.4. The molecule has 2 heterocycles. The van der Waals surface area contributed by atoms with Crippen molar-refractivity contribution in [2.75, 3.05) is 11.9 Å². The molecule has 6 nitrogen and oxygen atoms in total. The van der Waals surface area contributed by atoms with E-state index in [0.29, 0.717) is 23.2 Å². The molecule has 4 rings (SSSR count). The van der Waals surface area contributed by atoms with Crippen molar-refractivity contribution in [3.8, 4) is 0 Å². The molecule has 2 aromatic carbocycles. The van der Waals surface area contributed by atoms with Crippen LogP contribution in [0.1, 0.15) is 27.1 Å². The van der Waals surface area contributed by atoms with Gasteiger partial charge in [0.2, 0.25) is 5.91 Å². The monoisotopic (exact) mass is 336 g/mol. The average Bonchev–Trinajstić information content (AvgIpc) is 3.02. The van der Waals surface area contributed by atoms with Gasteiger partial charge in [0, 0.05) is 6.42 Å². The lowest BCUT2D eigenvalue weighted by Gasteiger charge is -2.19. The number of anilines is 1. The molecule has 2 aromatic rings. The minimum atomic E-state index is -0.631. The number of para-hydroxylation sites is 1. The molecule has 0 bridgehead atoms. The van der Waals surface area contributed by atoms with Crippen molar-refractivity contribution in [1.82, 2.24) is 4.90 Å². The number of esters is 1. The van der Waals surface area contributed by atoms with E-state index >= 15 is 0 Å². The summed E-state index contributed by atoms with van der Waals surface area (Å²) in [5.74, 6) is -0.926. The molecule has 6 heteroatoms. The smallest absolute Gasteiger partial charge is 0.338 e. The van der Waals surface area contributed by atoms with Crippen LogP contribution < -0.4 is 5.32 Å². The van der Waals surface area contributed by atoms with Crippen LogP contribution in [0.5, 0.6) is 0 Å². The van der Waals surface area contributed by atoms with Crippen molar-refractivity contribution in [1.29, 1.82) is 0 Å². The molecule has 25 heavy (non-hydrogen) atoms. The Labute approximate surface area is 144 Å².